The van der Waals surface area contributed by atoms with Gasteiger partial charge in [-0.25, -0.2) is 27.8 Å². The predicted octanol–water partition coefficient (Wildman–Crippen LogP) is 8.01. The molecule has 18 nitrogen and oxygen atoms in total. The molecule has 0 unspecified atom stereocenters. The van der Waals surface area contributed by atoms with Crippen LogP contribution in [-0.2, 0) is 26.5 Å². The monoisotopic (exact) mass is 1110 g/mol. The van der Waals surface area contributed by atoms with Gasteiger partial charge < -0.3 is 30.1 Å². The Morgan fingerprint density at radius 1 is 0.887 bits per heavy atom. The molecule has 3 saturated heterocycles. The van der Waals surface area contributed by atoms with E-state index in [1.165, 1.54) is 18.5 Å². The van der Waals surface area contributed by atoms with Gasteiger partial charge in [-0.2, -0.15) is 5.10 Å². The third kappa shape index (κ3) is 12.2. The van der Waals surface area contributed by atoms with E-state index in [0.29, 0.717) is 73.2 Å². The second kappa shape index (κ2) is 23.1. The number of carbonyl (C=O) groups excluding carboxylic acids is 2. The number of piperidine rings is 1. The van der Waals surface area contributed by atoms with Crippen LogP contribution in [0.4, 0.5) is 27.5 Å². The summed E-state index contributed by atoms with van der Waals surface area (Å²) in [7, 11) is -3.81. The molecule has 2 amide bonds. The largest absolute Gasteiger partial charge is 0.492 e. The first kappa shape index (κ1) is 56.7. The Kier molecular flexibility index (Phi) is 16.4. The third-order valence-corrected chi connectivity index (χ3v) is 19.3. The first-order valence-corrected chi connectivity index (χ1v) is 29.8. The van der Waals surface area contributed by atoms with Crippen molar-refractivity contribution in [1.29, 1.82) is 0 Å². The van der Waals surface area contributed by atoms with Gasteiger partial charge in [0.2, 0.25) is 5.91 Å². The molecule has 4 aliphatic heterocycles. The number of aryl methyl sites for hydroxylation is 1. The van der Waals surface area contributed by atoms with Gasteiger partial charge in [0.05, 0.1) is 40.4 Å². The van der Waals surface area contributed by atoms with E-state index in [1.807, 2.05) is 42.0 Å². The van der Waals surface area contributed by atoms with Crippen LogP contribution in [0, 0.1) is 25.6 Å². The number of hydrogen-bond donors (Lipinski definition) is 3. The van der Waals surface area contributed by atoms with Crippen LogP contribution in [0.3, 0.4) is 0 Å². The molecule has 0 radical (unpaired) electrons. The molecule has 3 N–H and O–H groups in total. The van der Waals surface area contributed by atoms with Crippen molar-refractivity contribution in [3.8, 4) is 5.75 Å². The topological polar surface area (TPSA) is 198 Å². The van der Waals surface area contributed by atoms with Gasteiger partial charge >= 0.3 is 0 Å². The predicted molar refractivity (Wildman–Crippen MR) is 310 cm³/mol. The molecule has 8 heterocycles. The van der Waals surface area contributed by atoms with Crippen molar-refractivity contribution >= 4 is 55.7 Å². The summed E-state index contributed by atoms with van der Waals surface area (Å²) in [5.74, 6) is 2.48. The first-order chi connectivity index (χ1) is 38.1. The summed E-state index contributed by atoms with van der Waals surface area (Å²) in [6.45, 7) is 24.7. The highest BCUT2D eigenvalue weighted by Crippen LogP contribution is 2.41. The molecule has 0 saturated carbocycles. The molecule has 10 rings (SSSR count). The van der Waals surface area contributed by atoms with Crippen LogP contribution in [0.25, 0.3) is 10.9 Å². The van der Waals surface area contributed by atoms with E-state index in [9.17, 15) is 22.4 Å². The Hall–Kier alpha value is -6.61. The summed E-state index contributed by atoms with van der Waals surface area (Å²) in [6, 6.07) is 16.3. The van der Waals surface area contributed by atoms with Crippen molar-refractivity contribution in [2.45, 2.75) is 128 Å². The van der Waals surface area contributed by atoms with E-state index in [4.69, 9.17) is 14.7 Å². The fraction of sp³-hybridized carbons (Fsp3) is 0.517. The summed E-state index contributed by atoms with van der Waals surface area (Å²) in [4.78, 5) is 58.0. The number of amides is 2. The minimum Gasteiger partial charge on any atom is -0.492 e. The van der Waals surface area contributed by atoms with Crippen LogP contribution in [0.15, 0.2) is 78.2 Å². The number of sulfone groups is 1. The Bertz CT molecular complexity index is 3320. The average Bonchev–Trinajstić information content (AvgIpc) is 3.98. The van der Waals surface area contributed by atoms with Gasteiger partial charge in [0, 0.05) is 118 Å². The summed E-state index contributed by atoms with van der Waals surface area (Å²) in [5, 5.41) is 14.8. The van der Waals surface area contributed by atoms with Crippen molar-refractivity contribution in [3.63, 3.8) is 0 Å². The van der Waals surface area contributed by atoms with Crippen LogP contribution in [0.1, 0.15) is 113 Å². The van der Waals surface area contributed by atoms with Crippen molar-refractivity contribution in [3.05, 3.63) is 113 Å². The number of halogens is 1. The molecule has 20 heteroatoms. The number of pyridine rings is 2. The molecule has 426 valence electrons. The van der Waals surface area contributed by atoms with Crippen LogP contribution in [-0.4, -0.2) is 160 Å². The molecule has 2 aromatic carbocycles. The second-order valence-electron chi connectivity index (χ2n) is 24.3. The number of fused-ring (bicyclic) bond motifs is 2. The van der Waals surface area contributed by atoms with Crippen molar-refractivity contribution in [2.75, 3.05) is 87.2 Å². The lowest BCUT2D eigenvalue weighted by atomic mass is 9.91. The normalized spacial score (nSPS) is 20.3. The zero-order valence-corrected chi connectivity index (χ0v) is 48.7. The van der Waals surface area contributed by atoms with Gasteiger partial charge in [0.15, 0.2) is 15.7 Å². The maximum absolute atomic E-state index is 14.4. The van der Waals surface area contributed by atoms with Gasteiger partial charge in [-0.15, -0.1) is 0 Å². The lowest BCUT2D eigenvalue weighted by Crippen LogP contribution is -2.63. The van der Waals surface area contributed by atoms with Crippen molar-refractivity contribution in [2.24, 2.45) is 5.92 Å². The van der Waals surface area contributed by atoms with E-state index < -0.39 is 14.6 Å². The van der Waals surface area contributed by atoms with E-state index in [2.05, 4.69) is 79.3 Å². The van der Waals surface area contributed by atoms with Crippen LogP contribution < -0.4 is 25.2 Å². The minimum absolute atomic E-state index is 0.0156. The highest BCUT2D eigenvalue weighted by molar-refractivity contribution is 7.92. The molecule has 80 heavy (non-hydrogen) atoms. The Balaban J connectivity index is 0.692. The minimum atomic E-state index is -3.81. The highest BCUT2D eigenvalue weighted by Gasteiger charge is 2.42. The summed E-state index contributed by atoms with van der Waals surface area (Å²) < 4.78 is 46.9. The number of piperazine rings is 2. The van der Waals surface area contributed by atoms with Crippen LogP contribution >= 0.6 is 0 Å². The fourth-order valence-electron chi connectivity index (χ4n) is 11.7. The second-order valence-corrected chi connectivity index (χ2v) is 27.0. The molecule has 4 aliphatic rings. The Morgan fingerprint density at radius 2 is 1.66 bits per heavy atom. The van der Waals surface area contributed by atoms with Gasteiger partial charge in [0.25, 0.3) is 5.91 Å². The molecule has 3 fully saturated rings. The van der Waals surface area contributed by atoms with Gasteiger partial charge in [-0.3, -0.25) is 29.5 Å². The molecule has 3 atom stereocenters. The zero-order valence-electron chi connectivity index (χ0n) is 47.9. The number of aromatic amines is 1. The molecular formula is C60H78FN13O5S. The Labute approximate surface area is 470 Å². The van der Waals surface area contributed by atoms with Crippen molar-refractivity contribution in [1.82, 2.24) is 50.1 Å². The number of nitrogens with one attached hydrogen (secondary N) is 3. The van der Waals surface area contributed by atoms with Gasteiger partial charge in [-0.1, -0.05) is 26.0 Å². The van der Waals surface area contributed by atoms with Gasteiger partial charge in [-0.05, 0) is 134 Å². The maximum atomic E-state index is 14.4. The Morgan fingerprint density at radius 3 is 2.36 bits per heavy atom. The number of carbonyl (C=O) groups is 2. The molecule has 0 aliphatic carbocycles. The van der Waals surface area contributed by atoms with Crippen molar-refractivity contribution < 1.29 is 27.1 Å². The quantitative estimate of drug-likeness (QED) is 0.0788. The third-order valence-electron chi connectivity index (χ3n) is 16.8. The van der Waals surface area contributed by atoms with E-state index in [0.717, 1.165) is 105 Å². The number of benzene rings is 2. The number of rotatable bonds is 16. The summed E-state index contributed by atoms with van der Waals surface area (Å²) >= 11 is 0. The zero-order chi connectivity index (χ0) is 56.7. The molecular weight excluding hydrogens is 1030 g/mol. The highest BCUT2D eigenvalue weighted by atomic mass is 32.2. The molecule has 0 bridgehead atoms. The number of nitrogens with zero attached hydrogens (tertiary/aromatic N) is 10. The van der Waals surface area contributed by atoms with E-state index in [1.54, 1.807) is 51.2 Å². The number of hydrogen-bond acceptors (Lipinski definition) is 15. The first-order valence-electron chi connectivity index (χ1n) is 28.3. The maximum Gasteiger partial charge on any atom is 0.255 e. The number of aromatic nitrogens is 6. The lowest BCUT2D eigenvalue weighted by molar-refractivity contribution is -0.121. The molecule has 4 aromatic heterocycles. The smallest absolute Gasteiger partial charge is 0.255 e. The van der Waals surface area contributed by atoms with Gasteiger partial charge in [0.1, 0.15) is 34.4 Å². The average molecular weight is 1110 g/mol. The molecule has 6 aromatic rings. The van der Waals surface area contributed by atoms with Crippen LogP contribution in [0.5, 0.6) is 5.75 Å². The summed E-state index contributed by atoms with van der Waals surface area (Å²) in [6.07, 6.45) is 9.33. The summed E-state index contributed by atoms with van der Waals surface area (Å²) in [5.41, 5.74) is 6.46. The molecule has 0 spiro atoms. The van der Waals surface area contributed by atoms with E-state index >= 15 is 0 Å². The lowest BCUT2D eigenvalue weighted by Gasteiger charge is -2.45. The fourth-order valence-corrected chi connectivity index (χ4v) is 13.1. The number of H-pyrrole nitrogens is 1. The van der Waals surface area contributed by atoms with E-state index in [-0.39, 0.29) is 51.8 Å². The SMILES string of the molecule is Cc1[nH]nc(Nc2ncnc3cc(OCCCC4CCN(c5ccc(C(=O)N6CCN(C[C@H]7CN[C@H](C)CN7CC(=O)N7CC(C)(C)c8ncc(Cc9ccc(F)cc9)cc87)[C@H](C)C6)cn5)CC4)c(S(=O)(=O)C(C)(C)C)cc23)c1C. The standard InChI is InChI=1S/C60H78FN13O5S/c1-38-32-73(35-54(75)74-36-60(8,9)55-50(74)26-44(29-64-55)25-43-12-15-46(61)16-13-43)47(31-62-38)34-71-22-23-72(33-39(71)2)58(76)45-14-17-53(63-30-45)70-20-18-42(19-21-70)11-10-24-79-51-28-49-48(27-52(51)80(77,78)59(5,6)7)57(66-37-65-49)67-56-40(3)41(4)68-69-56/h12-17,26-30,37-39,42,47,62H,10-11,18-25,31-36H2,1-9H3,(H2,65,66,67,68,69)/t38-,39-,47-/m1/s1. The van der Waals surface area contributed by atoms with Crippen LogP contribution in [0.2, 0.25) is 0 Å². The number of ether oxygens (including phenoxy) is 1. The number of anilines is 4.